The van der Waals surface area contributed by atoms with Crippen LogP contribution in [0.25, 0.3) is 0 Å². The summed E-state index contributed by atoms with van der Waals surface area (Å²) in [5, 5.41) is 0. The van der Waals surface area contributed by atoms with E-state index >= 15 is 0 Å². The summed E-state index contributed by atoms with van der Waals surface area (Å²) in [7, 11) is 0. The molecule has 23 heavy (non-hydrogen) atoms. The summed E-state index contributed by atoms with van der Waals surface area (Å²) < 4.78 is 26.8. The zero-order chi connectivity index (χ0) is 16.3. The number of benzene rings is 1. The topological polar surface area (TPSA) is 63.4 Å². The average molecular weight is 347 g/mol. The van der Waals surface area contributed by atoms with Gasteiger partial charge in [0.2, 0.25) is 5.91 Å². The van der Waals surface area contributed by atoms with Crippen LogP contribution < -0.4 is 5.73 Å². The molecule has 1 heterocycles. The third-order valence-electron chi connectivity index (χ3n) is 4.13. The Balaban J connectivity index is 0.00000264. The van der Waals surface area contributed by atoms with E-state index < -0.39 is 29.4 Å². The number of hydrogen-bond acceptors (Lipinski definition) is 3. The molecule has 128 valence electrons. The van der Waals surface area contributed by atoms with Gasteiger partial charge < -0.3 is 10.6 Å². The second-order valence-corrected chi connectivity index (χ2v) is 5.60. The smallest absolute Gasteiger partial charge is 0.239 e. The van der Waals surface area contributed by atoms with Crippen molar-refractivity contribution >= 4 is 24.1 Å². The highest BCUT2D eigenvalue weighted by molar-refractivity contribution is 5.98. The number of carbonyl (C=O) groups is 2. The number of Topliss-reactive ketones (excluding diaryl/α,β-unsaturated/α-hetero) is 1. The zero-order valence-electron chi connectivity index (χ0n) is 12.9. The van der Waals surface area contributed by atoms with Gasteiger partial charge in [-0.05, 0) is 37.5 Å². The second-order valence-electron chi connectivity index (χ2n) is 5.60. The van der Waals surface area contributed by atoms with Crippen LogP contribution in [0.4, 0.5) is 8.78 Å². The molecule has 1 amide bonds. The maximum absolute atomic E-state index is 13.7. The van der Waals surface area contributed by atoms with Gasteiger partial charge in [0, 0.05) is 19.0 Å². The lowest BCUT2D eigenvalue weighted by Crippen LogP contribution is -2.47. The maximum Gasteiger partial charge on any atom is 0.239 e. The molecule has 1 aromatic rings. The molecular formula is C16H21ClF2N2O2. The van der Waals surface area contributed by atoms with Crippen molar-refractivity contribution in [2.75, 3.05) is 13.1 Å². The van der Waals surface area contributed by atoms with Crippen LogP contribution in [0, 0.1) is 17.6 Å². The molecule has 0 spiro atoms. The molecule has 0 unspecified atom stereocenters. The molecule has 1 aromatic carbocycles. The molecule has 0 aliphatic carbocycles. The van der Waals surface area contributed by atoms with Gasteiger partial charge in [-0.15, -0.1) is 12.4 Å². The van der Waals surface area contributed by atoms with Gasteiger partial charge in [-0.3, -0.25) is 9.59 Å². The number of nitrogens with zero attached hydrogens (tertiary/aromatic N) is 1. The fourth-order valence-corrected chi connectivity index (χ4v) is 2.68. The molecule has 2 rings (SSSR count). The molecule has 1 saturated heterocycles. The van der Waals surface area contributed by atoms with Crippen molar-refractivity contribution in [3.8, 4) is 0 Å². The minimum Gasteiger partial charge on any atom is -0.341 e. The summed E-state index contributed by atoms with van der Waals surface area (Å²) in [5.74, 6) is -2.25. The second kappa shape index (κ2) is 8.36. The summed E-state index contributed by atoms with van der Waals surface area (Å²) in [6, 6.07) is 2.36. The van der Waals surface area contributed by atoms with E-state index in [-0.39, 0.29) is 23.9 Å². The Bertz CT molecular complexity index is 575. The van der Waals surface area contributed by atoms with Gasteiger partial charge in [0.25, 0.3) is 0 Å². The Labute approximate surface area is 140 Å². The van der Waals surface area contributed by atoms with Gasteiger partial charge in [-0.2, -0.15) is 0 Å². The molecule has 2 N–H and O–H groups in total. The third kappa shape index (κ3) is 4.48. The molecule has 0 radical (unpaired) electrons. The van der Waals surface area contributed by atoms with E-state index in [1.165, 1.54) is 0 Å². The Morgan fingerprint density at radius 3 is 2.48 bits per heavy atom. The molecule has 0 aromatic heterocycles. The largest absolute Gasteiger partial charge is 0.341 e. The monoisotopic (exact) mass is 346 g/mol. The van der Waals surface area contributed by atoms with Crippen LogP contribution in [0.1, 0.15) is 36.5 Å². The minimum atomic E-state index is -0.710. The number of ketones is 1. The van der Waals surface area contributed by atoms with Crippen molar-refractivity contribution in [2.24, 2.45) is 11.7 Å². The summed E-state index contributed by atoms with van der Waals surface area (Å²) in [4.78, 5) is 25.9. The fourth-order valence-electron chi connectivity index (χ4n) is 2.68. The van der Waals surface area contributed by atoms with Crippen molar-refractivity contribution in [2.45, 2.75) is 32.2 Å². The van der Waals surface area contributed by atoms with Crippen LogP contribution in [0.3, 0.4) is 0 Å². The van der Waals surface area contributed by atoms with Gasteiger partial charge in [-0.25, -0.2) is 8.78 Å². The molecule has 1 aliphatic rings. The van der Waals surface area contributed by atoms with Crippen LogP contribution in [0.2, 0.25) is 0 Å². The molecule has 4 nitrogen and oxygen atoms in total. The number of hydrogen-bond donors (Lipinski definition) is 1. The Kier molecular flexibility index (Phi) is 7.09. The number of halogens is 3. The normalized spacial score (nSPS) is 16.6. The van der Waals surface area contributed by atoms with Gasteiger partial charge in [0.15, 0.2) is 5.78 Å². The average Bonchev–Trinajstić information content (AvgIpc) is 2.55. The van der Waals surface area contributed by atoms with Crippen molar-refractivity contribution in [1.29, 1.82) is 0 Å². The van der Waals surface area contributed by atoms with Crippen LogP contribution in [0.15, 0.2) is 18.2 Å². The van der Waals surface area contributed by atoms with Crippen LogP contribution >= 0.6 is 12.4 Å². The molecule has 1 fully saturated rings. The van der Waals surface area contributed by atoms with E-state index in [4.69, 9.17) is 5.73 Å². The van der Waals surface area contributed by atoms with Crippen LogP contribution in [-0.4, -0.2) is 35.7 Å². The van der Waals surface area contributed by atoms with E-state index in [0.29, 0.717) is 32.4 Å². The maximum atomic E-state index is 13.7. The Morgan fingerprint density at radius 1 is 1.30 bits per heavy atom. The summed E-state index contributed by atoms with van der Waals surface area (Å²) in [6.07, 6.45) is 1.44. The first kappa shape index (κ1) is 19.5. The predicted molar refractivity (Wildman–Crippen MR) is 85.5 cm³/mol. The lowest BCUT2D eigenvalue weighted by molar-refractivity contribution is -0.133. The lowest BCUT2D eigenvalue weighted by Gasteiger charge is -2.32. The summed E-state index contributed by atoms with van der Waals surface area (Å²) in [5.41, 5.74) is 5.51. The van der Waals surface area contributed by atoms with Crippen molar-refractivity contribution < 1.29 is 18.4 Å². The van der Waals surface area contributed by atoms with E-state index in [9.17, 15) is 18.4 Å². The van der Waals surface area contributed by atoms with Gasteiger partial charge >= 0.3 is 0 Å². The fraction of sp³-hybridized carbons (Fsp3) is 0.500. The molecule has 0 bridgehead atoms. The molecular weight excluding hydrogens is 326 g/mol. The van der Waals surface area contributed by atoms with E-state index in [0.717, 1.165) is 18.2 Å². The number of nitrogens with two attached hydrogens (primary N) is 1. The number of rotatable bonds is 4. The highest BCUT2D eigenvalue weighted by atomic mass is 35.5. The Morgan fingerprint density at radius 2 is 1.91 bits per heavy atom. The SMILES string of the molecule is CC[C@H](N)C(=O)N1CCC(C(=O)c2cc(F)ccc2F)CC1.Cl. The van der Waals surface area contributed by atoms with Gasteiger partial charge in [-0.1, -0.05) is 6.92 Å². The standard InChI is InChI=1S/C16H20F2N2O2.ClH/c1-2-14(19)16(22)20-7-5-10(6-8-20)15(21)12-9-11(17)3-4-13(12)18;/h3-4,9-10,14H,2,5-8,19H2,1H3;1H/t14-;/m0./s1. The first-order valence-corrected chi connectivity index (χ1v) is 7.47. The molecule has 1 atom stereocenters. The number of amides is 1. The molecule has 0 saturated carbocycles. The number of carbonyl (C=O) groups excluding carboxylic acids is 2. The van der Waals surface area contributed by atoms with E-state index in [1.54, 1.807) is 4.90 Å². The van der Waals surface area contributed by atoms with Crippen LogP contribution in [-0.2, 0) is 4.79 Å². The molecule has 7 heteroatoms. The highest BCUT2D eigenvalue weighted by Crippen LogP contribution is 2.24. The predicted octanol–water partition coefficient (Wildman–Crippen LogP) is 2.55. The van der Waals surface area contributed by atoms with Crippen molar-refractivity contribution in [1.82, 2.24) is 4.90 Å². The molecule has 1 aliphatic heterocycles. The zero-order valence-corrected chi connectivity index (χ0v) is 13.7. The lowest BCUT2D eigenvalue weighted by atomic mass is 9.88. The quantitative estimate of drug-likeness (QED) is 0.852. The van der Waals surface area contributed by atoms with Crippen molar-refractivity contribution in [3.05, 3.63) is 35.4 Å². The highest BCUT2D eigenvalue weighted by Gasteiger charge is 2.30. The van der Waals surface area contributed by atoms with Crippen molar-refractivity contribution in [3.63, 3.8) is 0 Å². The third-order valence-corrected chi connectivity index (χ3v) is 4.13. The van der Waals surface area contributed by atoms with Crippen LogP contribution in [0.5, 0.6) is 0 Å². The summed E-state index contributed by atoms with van der Waals surface area (Å²) in [6.45, 7) is 2.67. The summed E-state index contributed by atoms with van der Waals surface area (Å²) >= 11 is 0. The Hall–Kier alpha value is -1.53. The first-order chi connectivity index (χ1) is 10.4. The van der Waals surface area contributed by atoms with Gasteiger partial charge in [0.05, 0.1) is 11.6 Å². The van der Waals surface area contributed by atoms with E-state index in [2.05, 4.69) is 0 Å². The minimum absolute atomic E-state index is 0. The van der Waals surface area contributed by atoms with E-state index in [1.807, 2.05) is 6.92 Å². The number of likely N-dealkylation sites (tertiary alicyclic amines) is 1. The van der Waals surface area contributed by atoms with Gasteiger partial charge in [0.1, 0.15) is 11.6 Å². The first-order valence-electron chi connectivity index (χ1n) is 7.47. The number of piperidine rings is 1.